The zero-order valence-corrected chi connectivity index (χ0v) is 12.7. The maximum absolute atomic E-state index is 6.23. The molecule has 0 radical (unpaired) electrons. The second-order valence-electron chi connectivity index (χ2n) is 4.47. The molecule has 0 spiro atoms. The molecule has 2 aromatic heterocycles. The van der Waals surface area contributed by atoms with Crippen molar-refractivity contribution in [2.45, 2.75) is 39.3 Å². The second-order valence-corrected chi connectivity index (χ2v) is 5.66. The van der Waals surface area contributed by atoms with Gasteiger partial charge in [-0.15, -0.1) is 5.10 Å². The number of nitrogens with two attached hydrogens (primary N) is 1. The van der Waals surface area contributed by atoms with E-state index in [1.54, 1.807) is 6.20 Å². The van der Waals surface area contributed by atoms with E-state index in [2.05, 4.69) is 34.0 Å². The molecule has 8 heteroatoms. The van der Waals surface area contributed by atoms with Gasteiger partial charge in [0, 0.05) is 6.54 Å². The van der Waals surface area contributed by atoms with Crippen molar-refractivity contribution in [1.29, 1.82) is 0 Å². The number of nitrogens with zero attached hydrogens (tertiary/aromatic N) is 4. The van der Waals surface area contributed by atoms with E-state index in [-0.39, 0.29) is 12.0 Å². The molecule has 19 heavy (non-hydrogen) atoms. The van der Waals surface area contributed by atoms with Gasteiger partial charge in [0.05, 0.1) is 27.5 Å². The third-order valence-corrected chi connectivity index (χ3v) is 4.02. The lowest BCUT2D eigenvalue weighted by Crippen LogP contribution is -2.31. The van der Waals surface area contributed by atoms with Crippen LogP contribution in [0.2, 0.25) is 5.02 Å². The normalized spacial score (nSPS) is 13.2. The van der Waals surface area contributed by atoms with Crippen LogP contribution in [0.15, 0.2) is 6.20 Å². The zero-order chi connectivity index (χ0) is 14.0. The van der Waals surface area contributed by atoms with Crippen LogP contribution < -0.4 is 11.3 Å². The maximum Gasteiger partial charge on any atom is 0.102 e. The van der Waals surface area contributed by atoms with Gasteiger partial charge in [0.2, 0.25) is 0 Å². The molecule has 1 unspecified atom stereocenters. The molecule has 0 saturated heterocycles. The topological polar surface area (TPSA) is 81.7 Å². The summed E-state index contributed by atoms with van der Waals surface area (Å²) < 4.78 is 5.86. The van der Waals surface area contributed by atoms with E-state index in [1.165, 1.54) is 11.5 Å². The molecule has 0 amide bonds. The van der Waals surface area contributed by atoms with E-state index < -0.39 is 0 Å². The summed E-state index contributed by atoms with van der Waals surface area (Å²) in [6.45, 7) is 6.89. The number of hydrogen-bond acceptors (Lipinski definition) is 6. The van der Waals surface area contributed by atoms with Crippen molar-refractivity contribution in [2.24, 2.45) is 5.84 Å². The number of aromatic nitrogens is 4. The molecule has 3 N–H and O–H groups in total. The van der Waals surface area contributed by atoms with E-state index in [9.17, 15) is 0 Å². The minimum atomic E-state index is -0.243. The molecule has 0 saturated carbocycles. The quantitative estimate of drug-likeness (QED) is 0.652. The van der Waals surface area contributed by atoms with Crippen molar-refractivity contribution in [2.75, 3.05) is 0 Å². The minimum absolute atomic E-state index is 0.243. The lowest BCUT2D eigenvalue weighted by molar-refractivity contribution is 0.543. The number of aryl methyl sites for hydroxylation is 1. The molecule has 1 atom stereocenters. The Labute approximate surface area is 121 Å². The Morgan fingerprint density at radius 2 is 2.26 bits per heavy atom. The van der Waals surface area contributed by atoms with Gasteiger partial charge in [0.15, 0.2) is 0 Å². The molecular weight excluding hydrogens is 284 g/mol. The zero-order valence-electron chi connectivity index (χ0n) is 11.1. The lowest BCUT2D eigenvalue weighted by atomic mass is 10.0. The first-order chi connectivity index (χ1) is 9.10. The first-order valence-electron chi connectivity index (χ1n) is 6.09. The molecule has 0 aliphatic heterocycles. The highest BCUT2D eigenvalue weighted by Gasteiger charge is 2.26. The van der Waals surface area contributed by atoms with Gasteiger partial charge in [-0.2, -0.15) is 5.10 Å². The fraction of sp³-hybridized carbons (Fsp3) is 0.545. The third-order valence-electron chi connectivity index (χ3n) is 2.92. The Kier molecular flexibility index (Phi) is 4.51. The fourth-order valence-electron chi connectivity index (χ4n) is 1.99. The van der Waals surface area contributed by atoms with E-state index in [0.29, 0.717) is 5.02 Å². The van der Waals surface area contributed by atoms with Crippen molar-refractivity contribution in [1.82, 2.24) is 24.8 Å². The summed E-state index contributed by atoms with van der Waals surface area (Å²) in [7, 11) is 0. The fourth-order valence-corrected chi connectivity index (χ4v) is 3.12. The predicted molar refractivity (Wildman–Crippen MR) is 76.1 cm³/mol. The van der Waals surface area contributed by atoms with Crippen LogP contribution in [0.5, 0.6) is 0 Å². The second kappa shape index (κ2) is 5.96. The average molecular weight is 301 g/mol. The van der Waals surface area contributed by atoms with Gasteiger partial charge in [-0.3, -0.25) is 10.5 Å². The highest BCUT2D eigenvalue weighted by Crippen LogP contribution is 2.33. The monoisotopic (exact) mass is 300 g/mol. The van der Waals surface area contributed by atoms with Gasteiger partial charge >= 0.3 is 0 Å². The van der Waals surface area contributed by atoms with E-state index in [1.807, 2.05) is 11.6 Å². The van der Waals surface area contributed by atoms with Crippen LogP contribution in [0.1, 0.15) is 49.0 Å². The molecule has 2 aromatic rings. The van der Waals surface area contributed by atoms with Gasteiger partial charge in [-0.1, -0.05) is 29.9 Å². The Morgan fingerprint density at radius 1 is 1.53 bits per heavy atom. The Balaban J connectivity index is 2.50. The molecule has 104 valence electrons. The van der Waals surface area contributed by atoms with Crippen LogP contribution >= 0.6 is 23.1 Å². The Hall–Kier alpha value is -1.02. The van der Waals surface area contributed by atoms with Gasteiger partial charge < -0.3 is 0 Å². The predicted octanol–water partition coefficient (Wildman–Crippen LogP) is 2.08. The smallest absolute Gasteiger partial charge is 0.102 e. The van der Waals surface area contributed by atoms with Gasteiger partial charge in [0.25, 0.3) is 0 Å². The Bertz CT molecular complexity index is 549. The van der Waals surface area contributed by atoms with Crippen molar-refractivity contribution >= 4 is 23.1 Å². The SMILES string of the molecule is CCn1ncc(Cl)c1C(NN)c1snnc1C(C)C. The highest BCUT2D eigenvalue weighted by molar-refractivity contribution is 7.05. The standard InChI is InChI=1S/C11H17ClN6S/c1-4-18-10(7(12)5-14-18)9(15-13)11-8(6(2)3)16-17-19-11/h5-6,9,15H,4,13H2,1-3H3. The number of hydrazine groups is 1. The molecule has 2 rings (SSSR count). The van der Waals surface area contributed by atoms with E-state index >= 15 is 0 Å². The van der Waals surface area contributed by atoms with Crippen molar-refractivity contribution < 1.29 is 0 Å². The van der Waals surface area contributed by atoms with Crippen LogP contribution in [-0.2, 0) is 6.54 Å². The van der Waals surface area contributed by atoms with Crippen LogP contribution in [0.25, 0.3) is 0 Å². The largest absolute Gasteiger partial charge is 0.270 e. The summed E-state index contributed by atoms with van der Waals surface area (Å²) in [6.07, 6.45) is 1.63. The number of nitrogens with one attached hydrogen (secondary N) is 1. The van der Waals surface area contributed by atoms with Crippen LogP contribution in [0.3, 0.4) is 0 Å². The Morgan fingerprint density at radius 3 is 2.84 bits per heavy atom. The molecule has 0 aliphatic rings. The molecule has 2 heterocycles. The number of hydrogen-bond donors (Lipinski definition) is 2. The van der Waals surface area contributed by atoms with Gasteiger partial charge in [-0.25, -0.2) is 5.43 Å². The van der Waals surface area contributed by atoms with Gasteiger partial charge in [-0.05, 0) is 24.4 Å². The summed E-state index contributed by atoms with van der Waals surface area (Å²) in [4.78, 5) is 0.981. The van der Waals surface area contributed by atoms with E-state index in [0.717, 1.165) is 22.8 Å². The summed E-state index contributed by atoms with van der Waals surface area (Å²) in [6, 6.07) is -0.243. The van der Waals surface area contributed by atoms with Crippen molar-refractivity contribution in [3.63, 3.8) is 0 Å². The summed E-state index contributed by atoms with van der Waals surface area (Å²) in [5.74, 6) is 6.00. The third kappa shape index (κ3) is 2.64. The van der Waals surface area contributed by atoms with Crippen molar-refractivity contribution in [3.8, 4) is 0 Å². The molecule has 0 aliphatic carbocycles. The average Bonchev–Trinajstić information content (AvgIpc) is 2.99. The van der Waals surface area contributed by atoms with Crippen molar-refractivity contribution in [3.05, 3.63) is 27.5 Å². The first-order valence-corrected chi connectivity index (χ1v) is 7.24. The molecule has 6 nitrogen and oxygen atoms in total. The van der Waals surface area contributed by atoms with Crippen LogP contribution in [0.4, 0.5) is 0 Å². The summed E-state index contributed by atoms with van der Waals surface area (Å²) >= 11 is 7.56. The van der Waals surface area contributed by atoms with E-state index in [4.69, 9.17) is 17.4 Å². The molecule has 0 bridgehead atoms. The number of rotatable bonds is 5. The summed E-state index contributed by atoms with van der Waals surface area (Å²) in [5.41, 5.74) is 4.59. The summed E-state index contributed by atoms with van der Waals surface area (Å²) in [5, 5.41) is 9.01. The molecular formula is C11H17ClN6S. The first kappa shape index (κ1) is 14.4. The number of halogens is 1. The highest BCUT2D eigenvalue weighted by atomic mass is 35.5. The van der Waals surface area contributed by atoms with Crippen LogP contribution in [0, 0.1) is 0 Å². The minimum Gasteiger partial charge on any atom is -0.270 e. The van der Waals surface area contributed by atoms with Gasteiger partial charge in [0.1, 0.15) is 6.04 Å². The molecule has 0 aromatic carbocycles. The molecule has 0 fully saturated rings. The van der Waals surface area contributed by atoms with Crippen LogP contribution in [-0.4, -0.2) is 19.4 Å². The maximum atomic E-state index is 6.23. The lowest BCUT2D eigenvalue weighted by Gasteiger charge is -2.18.